The molecule has 1 aliphatic rings. The van der Waals surface area contributed by atoms with E-state index >= 15 is 0 Å². The van der Waals surface area contributed by atoms with Crippen molar-refractivity contribution in [3.8, 4) is 0 Å². The summed E-state index contributed by atoms with van der Waals surface area (Å²) in [5.41, 5.74) is 2.29. The van der Waals surface area contributed by atoms with Gasteiger partial charge >= 0.3 is 12.1 Å². The summed E-state index contributed by atoms with van der Waals surface area (Å²) in [6, 6.07) is 22.7. The van der Waals surface area contributed by atoms with E-state index in [1.54, 1.807) is 12.1 Å². The van der Waals surface area contributed by atoms with Gasteiger partial charge in [0.25, 0.3) is 0 Å². The number of rotatable bonds is 10. The highest BCUT2D eigenvalue weighted by molar-refractivity contribution is 5.87. The maximum Gasteiger partial charge on any atom is 0.410 e. The Morgan fingerprint density at radius 1 is 0.897 bits per heavy atom. The van der Waals surface area contributed by atoms with Crippen LogP contribution in [-0.2, 0) is 27.4 Å². The Labute approximate surface area is 226 Å². The minimum Gasteiger partial charge on any atom is -0.481 e. The van der Waals surface area contributed by atoms with Crippen molar-refractivity contribution < 1.29 is 33.7 Å². The van der Waals surface area contributed by atoms with E-state index in [0.29, 0.717) is 12.0 Å². The normalized spacial score (nSPS) is 18.5. The number of aliphatic carboxylic acids is 1. The predicted octanol–water partition coefficient (Wildman–Crippen LogP) is 3.84. The highest BCUT2D eigenvalue weighted by atomic mass is 19.1. The van der Waals surface area contributed by atoms with Crippen molar-refractivity contribution in [1.29, 1.82) is 0 Å². The lowest BCUT2D eigenvalue weighted by Crippen LogP contribution is -2.52. The van der Waals surface area contributed by atoms with Crippen LogP contribution < -0.4 is 0 Å². The van der Waals surface area contributed by atoms with Crippen LogP contribution in [0.4, 0.5) is 9.18 Å². The zero-order valence-electron chi connectivity index (χ0n) is 21.4. The van der Waals surface area contributed by atoms with Gasteiger partial charge in [-0.15, -0.1) is 0 Å². The number of aliphatic hydroxyl groups is 1. The summed E-state index contributed by atoms with van der Waals surface area (Å²) in [7, 11) is 0. The van der Waals surface area contributed by atoms with Crippen LogP contribution in [0.3, 0.4) is 0 Å². The van der Waals surface area contributed by atoms with Gasteiger partial charge < -0.3 is 19.8 Å². The molecule has 1 aliphatic heterocycles. The number of carbonyl (C=O) groups excluding carboxylic acids is 2. The molecule has 3 aromatic rings. The molecular formula is C30H31FN2O6. The molecule has 0 spiro atoms. The first kappa shape index (κ1) is 27.8. The maximum atomic E-state index is 13.9. The number of hydrogen-bond acceptors (Lipinski definition) is 5. The fourth-order valence-electron chi connectivity index (χ4n) is 4.78. The largest absolute Gasteiger partial charge is 0.481 e. The Bertz CT molecular complexity index is 1260. The molecule has 0 bridgehead atoms. The van der Waals surface area contributed by atoms with E-state index in [4.69, 9.17) is 4.74 Å². The van der Waals surface area contributed by atoms with Crippen LogP contribution in [0.1, 0.15) is 29.0 Å². The number of benzene rings is 3. The minimum atomic E-state index is -1.31. The number of carbonyl (C=O) groups is 3. The lowest BCUT2D eigenvalue weighted by molar-refractivity contribution is -0.141. The molecule has 0 radical (unpaired) electrons. The van der Waals surface area contributed by atoms with Gasteiger partial charge in [0.05, 0.1) is 12.5 Å². The van der Waals surface area contributed by atoms with Gasteiger partial charge in [0.15, 0.2) is 0 Å². The second kappa shape index (κ2) is 13.0. The van der Waals surface area contributed by atoms with Crippen molar-refractivity contribution in [2.75, 3.05) is 19.6 Å². The summed E-state index contributed by atoms with van der Waals surface area (Å²) in [6.07, 6.45) is -1.91. The van der Waals surface area contributed by atoms with E-state index in [9.17, 15) is 29.0 Å². The number of likely N-dealkylation sites (tertiary alicyclic amines) is 1. The lowest BCUT2D eigenvalue weighted by atomic mass is 9.93. The van der Waals surface area contributed by atoms with E-state index in [0.717, 1.165) is 11.1 Å². The minimum absolute atomic E-state index is 0.0227. The topological polar surface area (TPSA) is 107 Å². The second-order valence-electron chi connectivity index (χ2n) is 9.49. The Morgan fingerprint density at radius 2 is 1.51 bits per heavy atom. The molecule has 1 fully saturated rings. The molecule has 204 valence electrons. The SMILES string of the molecule is O=C(O)CCN(CCc1ccccc1)C(=O)[C@H]1[C@@H](O)[C@H](c2ccc(F)cc2)CN1C(=O)OCc1ccccc1. The molecule has 1 heterocycles. The Morgan fingerprint density at radius 3 is 2.13 bits per heavy atom. The average molecular weight is 535 g/mol. The van der Waals surface area contributed by atoms with Crippen molar-refractivity contribution in [2.24, 2.45) is 0 Å². The van der Waals surface area contributed by atoms with Crippen LogP contribution in [0.25, 0.3) is 0 Å². The smallest absolute Gasteiger partial charge is 0.410 e. The number of halogens is 1. The zero-order valence-corrected chi connectivity index (χ0v) is 21.4. The molecular weight excluding hydrogens is 503 g/mol. The first-order valence-electron chi connectivity index (χ1n) is 12.8. The number of amides is 2. The van der Waals surface area contributed by atoms with Gasteiger partial charge in [-0.2, -0.15) is 0 Å². The summed E-state index contributed by atoms with van der Waals surface area (Å²) in [6.45, 7) is 0.0687. The number of hydrogen-bond donors (Lipinski definition) is 2. The molecule has 0 aromatic heterocycles. The molecule has 2 N–H and O–H groups in total. The van der Waals surface area contributed by atoms with Gasteiger partial charge in [-0.3, -0.25) is 14.5 Å². The van der Waals surface area contributed by atoms with E-state index in [-0.39, 0.29) is 32.7 Å². The molecule has 0 saturated carbocycles. The van der Waals surface area contributed by atoms with Gasteiger partial charge in [0.1, 0.15) is 18.5 Å². The Balaban J connectivity index is 1.58. The monoisotopic (exact) mass is 534 g/mol. The second-order valence-corrected chi connectivity index (χ2v) is 9.49. The number of carboxylic acid groups (broad SMARTS) is 1. The fraction of sp³-hybridized carbons (Fsp3) is 0.300. The zero-order chi connectivity index (χ0) is 27.8. The predicted molar refractivity (Wildman–Crippen MR) is 141 cm³/mol. The van der Waals surface area contributed by atoms with Gasteiger partial charge in [0.2, 0.25) is 5.91 Å². The lowest BCUT2D eigenvalue weighted by Gasteiger charge is -2.31. The molecule has 3 aromatic carbocycles. The Hall–Kier alpha value is -4.24. The van der Waals surface area contributed by atoms with E-state index in [1.807, 2.05) is 48.5 Å². The molecule has 2 amide bonds. The van der Waals surface area contributed by atoms with Gasteiger partial charge in [-0.1, -0.05) is 72.8 Å². The molecule has 8 nitrogen and oxygen atoms in total. The van der Waals surface area contributed by atoms with Crippen LogP contribution in [0.15, 0.2) is 84.9 Å². The average Bonchev–Trinajstić information content (AvgIpc) is 3.29. The van der Waals surface area contributed by atoms with Crippen molar-refractivity contribution in [1.82, 2.24) is 9.80 Å². The molecule has 39 heavy (non-hydrogen) atoms. The summed E-state index contributed by atoms with van der Waals surface area (Å²) >= 11 is 0. The molecule has 0 unspecified atom stereocenters. The van der Waals surface area contributed by atoms with Gasteiger partial charge in [-0.25, -0.2) is 9.18 Å². The fourth-order valence-corrected chi connectivity index (χ4v) is 4.78. The van der Waals surface area contributed by atoms with Crippen LogP contribution in [0.2, 0.25) is 0 Å². The number of ether oxygens (including phenoxy) is 1. The Kier molecular flexibility index (Phi) is 9.27. The third-order valence-corrected chi connectivity index (χ3v) is 6.88. The van der Waals surface area contributed by atoms with Crippen molar-refractivity contribution in [3.05, 3.63) is 107 Å². The van der Waals surface area contributed by atoms with Crippen molar-refractivity contribution >= 4 is 18.0 Å². The number of aliphatic hydroxyl groups excluding tert-OH is 1. The van der Waals surface area contributed by atoms with Gasteiger partial charge in [-0.05, 0) is 35.2 Å². The third-order valence-electron chi connectivity index (χ3n) is 6.88. The van der Waals surface area contributed by atoms with Crippen LogP contribution in [-0.4, -0.2) is 69.8 Å². The van der Waals surface area contributed by atoms with Crippen LogP contribution in [0, 0.1) is 5.82 Å². The quantitative estimate of drug-likeness (QED) is 0.409. The molecule has 3 atom stereocenters. The van der Waals surface area contributed by atoms with E-state index in [1.165, 1.54) is 34.1 Å². The molecule has 4 rings (SSSR count). The highest BCUT2D eigenvalue weighted by Crippen LogP contribution is 2.34. The highest BCUT2D eigenvalue weighted by Gasteiger charge is 2.49. The molecule has 9 heteroatoms. The van der Waals surface area contributed by atoms with Gasteiger partial charge in [0, 0.05) is 25.6 Å². The van der Waals surface area contributed by atoms with E-state index < -0.39 is 41.9 Å². The first-order valence-corrected chi connectivity index (χ1v) is 12.8. The first-order chi connectivity index (χ1) is 18.8. The van der Waals surface area contributed by atoms with Crippen molar-refractivity contribution in [2.45, 2.75) is 37.5 Å². The third kappa shape index (κ3) is 7.20. The summed E-state index contributed by atoms with van der Waals surface area (Å²) in [5.74, 6) is -2.75. The van der Waals surface area contributed by atoms with E-state index in [2.05, 4.69) is 0 Å². The number of nitrogens with zero attached hydrogens (tertiary/aromatic N) is 2. The summed E-state index contributed by atoms with van der Waals surface area (Å²) < 4.78 is 19.1. The van der Waals surface area contributed by atoms with Crippen molar-refractivity contribution in [3.63, 3.8) is 0 Å². The maximum absolute atomic E-state index is 13.9. The summed E-state index contributed by atoms with van der Waals surface area (Å²) in [5, 5.41) is 20.6. The standard InChI is InChI=1S/C30H31FN2O6/c31-24-13-11-23(12-14-24)25-19-33(30(38)39-20-22-9-5-2-6-10-22)27(28(25)36)29(37)32(18-16-26(34)35)17-15-21-7-3-1-4-8-21/h1-14,25,27-28,36H,15-20H2,(H,34,35)/t25-,27+,28-/m0/s1. The molecule has 0 aliphatic carbocycles. The summed E-state index contributed by atoms with van der Waals surface area (Å²) in [4.78, 5) is 41.0. The van der Waals surface area contributed by atoms with Crippen LogP contribution >= 0.6 is 0 Å². The van der Waals surface area contributed by atoms with Crippen LogP contribution in [0.5, 0.6) is 0 Å². The number of carboxylic acids is 1. The molecule has 1 saturated heterocycles.